The van der Waals surface area contributed by atoms with Crippen molar-refractivity contribution in [1.29, 1.82) is 0 Å². The minimum absolute atomic E-state index is 0.151. The van der Waals surface area contributed by atoms with Crippen LogP contribution in [0, 0.1) is 6.92 Å². The maximum atomic E-state index is 12.4. The van der Waals surface area contributed by atoms with Gasteiger partial charge in [0.1, 0.15) is 16.5 Å². The molecule has 138 valence electrons. The zero-order valence-electron chi connectivity index (χ0n) is 15.3. The number of carbonyl (C=O) groups excluding carboxylic acids is 1. The molecule has 4 rings (SSSR count). The van der Waals surface area contributed by atoms with Crippen LogP contribution in [-0.2, 0) is 6.54 Å². The van der Waals surface area contributed by atoms with Gasteiger partial charge < -0.3 is 10.2 Å². The first kappa shape index (κ1) is 17.7. The minimum atomic E-state index is -0.151. The number of aromatic nitrogens is 2. The summed E-state index contributed by atoms with van der Waals surface area (Å²) in [6.45, 7) is 4.70. The Morgan fingerprint density at radius 3 is 2.74 bits per heavy atom. The molecular formula is C21H22N4OS. The molecule has 1 aliphatic rings. The lowest BCUT2D eigenvalue weighted by molar-refractivity contribution is 0.0946. The number of hydrogen-bond acceptors (Lipinski definition) is 5. The highest BCUT2D eigenvalue weighted by Gasteiger charge is 2.15. The normalized spacial score (nSPS) is 13.7. The van der Waals surface area contributed by atoms with Crippen molar-refractivity contribution in [2.75, 3.05) is 18.0 Å². The number of hydrogen-bond donors (Lipinski definition) is 1. The van der Waals surface area contributed by atoms with E-state index < -0.39 is 0 Å². The van der Waals surface area contributed by atoms with Crippen molar-refractivity contribution in [3.63, 3.8) is 0 Å². The van der Waals surface area contributed by atoms with Gasteiger partial charge in [-0.15, -0.1) is 11.3 Å². The summed E-state index contributed by atoms with van der Waals surface area (Å²) >= 11 is 1.47. The highest BCUT2D eigenvalue weighted by atomic mass is 32.1. The van der Waals surface area contributed by atoms with Gasteiger partial charge in [-0.25, -0.2) is 9.97 Å². The molecule has 2 aromatic heterocycles. The second-order valence-corrected chi connectivity index (χ2v) is 7.60. The molecule has 0 saturated carbocycles. The van der Waals surface area contributed by atoms with Crippen molar-refractivity contribution in [3.8, 4) is 10.6 Å². The Balaban J connectivity index is 1.41. The third-order valence-corrected chi connectivity index (χ3v) is 5.75. The first-order valence-electron chi connectivity index (χ1n) is 9.20. The Labute approximate surface area is 163 Å². The van der Waals surface area contributed by atoms with E-state index in [2.05, 4.69) is 20.2 Å². The average Bonchev–Trinajstić information content (AvgIpc) is 3.39. The third-order valence-electron chi connectivity index (χ3n) is 4.86. The van der Waals surface area contributed by atoms with Gasteiger partial charge in [0.05, 0.1) is 0 Å². The predicted octanol–water partition coefficient (Wildman–Crippen LogP) is 4.04. The van der Waals surface area contributed by atoms with Crippen LogP contribution in [0.25, 0.3) is 10.6 Å². The van der Waals surface area contributed by atoms with Gasteiger partial charge in [-0.05, 0) is 43.0 Å². The number of aryl methyl sites for hydroxylation is 1. The standard InChI is InChI=1S/C21H22N4OS/c1-15-6-2-3-7-16(15)12-23-20(26)18-14-27-21(24-18)17-8-9-19(22-13-17)25-10-4-5-11-25/h2-3,6-9,13-14H,4-5,10-12H2,1H3,(H,23,26). The molecule has 3 aromatic rings. The fraction of sp³-hybridized carbons (Fsp3) is 0.286. The van der Waals surface area contributed by atoms with Gasteiger partial charge in [0.2, 0.25) is 0 Å². The van der Waals surface area contributed by atoms with E-state index in [-0.39, 0.29) is 5.91 Å². The number of nitrogens with one attached hydrogen (secondary N) is 1. The van der Waals surface area contributed by atoms with Gasteiger partial charge in [-0.3, -0.25) is 4.79 Å². The molecule has 1 saturated heterocycles. The highest BCUT2D eigenvalue weighted by Crippen LogP contribution is 2.25. The second kappa shape index (κ2) is 7.88. The van der Waals surface area contributed by atoms with E-state index in [9.17, 15) is 4.79 Å². The maximum absolute atomic E-state index is 12.4. The lowest BCUT2D eigenvalue weighted by Crippen LogP contribution is -2.23. The number of anilines is 1. The van der Waals surface area contributed by atoms with Gasteiger partial charge in [-0.1, -0.05) is 24.3 Å². The fourth-order valence-electron chi connectivity index (χ4n) is 3.23. The summed E-state index contributed by atoms with van der Waals surface area (Å²) in [5, 5.41) is 5.57. The van der Waals surface area contributed by atoms with Gasteiger partial charge in [0, 0.05) is 36.8 Å². The number of nitrogens with zero attached hydrogens (tertiary/aromatic N) is 3. The lowest BCUT2D eigenvalue weighted by atomic mass is 10.1. The van der Waals surface area contributed by atoms with Crippen LogP contribution in [-0.4, -0.2) is 29.0 Å². The first-order chi connectivity index (χ1) is 13.2. The molecule has 1 fully saturated rings. The van der Waals surface area contributed by atoms with Crippen molar-refractivity contribution in [1.82, 2.24) is 15.3 Å². The van der Waals surface area contributed by atoms with Crippen molar-refractivity contribution < 1.29 is 4.79 Å². The van der Waals surface area contributed by atoms with Crippen molar-refractivity contribution in [3.05, 3.63) is 64.8 Å². The summed E-state index contributed by atoms with van der Waals surface area (Å²) in [4.78, 5) is 23.8. The molecule has 6 heteroatoms. The van der Waals surface area contributed by atoms with Crippen LogP contribution in [0.1, 0.15) is 34.5 Å². The topological polar surface area (TPSA) is 58.1 Å². The summed E-state index contributed by atoms with van der Waals surface area (Å²) < 4.78 is 0. The molecule has 0 unspecified atom stereocenters. The smallest absolute Gasteiger partial charge is 0.271 e. The first-order valence-corrected chi connectivity index (χ1v) is 10.1. The number of benzene rings is 1. The monoisotopic (exact) mass is 378 g/mol. The zero-order chi connectivity index (χ0) is 18.6. The lowest BCUT2D eigenvalue weighted by Gasteiger charge is -2.15. The number of pyridine rings is 1. The number of rotatable bonds is 5. The van der Waals surface area contributed by atoms with E-state index in [1.807, 2.05) is 49.5 Å². The molecule has 1 amide bonds. The summed E-state index contributed by atoms with van der Waals surface area (Å²) in [5.74, 6) is 0.867. The molecule has 0 bridgehead atoms. The van der Waals surface area contributed by atoms with Gasteiger partial charge in [0.25, 0.3) is 5.91 Å². The summed E-state index contributed by atoms with van der Waals surface area (Å²) in [5.41, 5.74) is 3.68. The Morgan fingerprint density at radius 1 is 1.19 bits per heavy atom. The number of thiazole rings is 1. The van der Waals surface area contributed by atoms with E-state index in [0.29, 0.717) is 12.2 Å². The SMILES string of the molecule is Cc1ccccc1CNC(=O)c1csc(-c2ccc(N3CCCC3)nc2)n1. The van der Waals surface area contributed by atoms with Crippen LogP contribution in [0.3, 0.4) is 0 Å². The van der Waals surface area contributed by atoms with E-state index in [1.54, 1.807) is 5.38 Å². The van der Waals surface area contributed by atoms with Crippen LogP contribution in [0.5, 0.6) is 0 Å². The number of carbonyl (C=O) groups is 1. The molecule has 0 aliphatic carbocycles. The Bertz CT molecular complexity index is 929. The summed E-state index contributed by atoms with van der Waals surface area (Å²) in [6, 6.07) is 12.1. The second-order valence-electron chi connectivity index (χ2n) is 6.75. The molecular weight excluding hydrogens is 356 g/mol. The zero-order valence-corrected chi connectivity index (χ0v) is 16.1. The quantitative estimate of drug-likeness (QED) is 0.728. The van der Waals surface area contributed by atoms with Crippen LogP contribution in [0.4, 0.5) is 5.82 Å². The van der Waals surface area contributed by atoms with Crippen molar-refractivity contribution in [2.45, 2.75) is 26.3 Å². The molecule has 3 heterocycles. The molecule has 1 aromatic carbocycles. The van der Waals surface area contributed by atoms with Crippen LogP contribution < -0.4 is 10.2 Å². The minimum Gasteiger partial charge on any atom is -0.357 e. The third kappa shape index (κ3) is 4.01. The highest BCUT2D eigenvalue weighted by molar-refractivity contribution is 7.13. The Kier molecular flexibility index (Phi) is 5.16. The van der Waals surface area contributed by atoms with Crippen molar-refractivity contribution in [2.24, 2.45) is 0 Å². The van der Waals surface area contributed by atoms with E-state index in [4.69, 9.17) is 0 Å². The molecule has 0 radical (unpaired) electrons. The molecule has 0 spiro atoms. The van der Waals surface area contributed by atoms with Crippen LogP contribution >= 0.6 is 11.3 Å². The molecule has 0 atom stereocenters. The predicted molar refractivity (Wildman–Crippen MR) is 109 cm³/mol. The average molecular weight is 379 g/mol. The van der Waals surface area contributed by atoms with E-state index >= 15 is 0 Å². The van der Waals surface area contributed by atoms with E-state index in [0.717, 1.165) is 35.0 Å². The van der Waals surface area contributed by atoms with Crippen LogP contribution in [0.15, 0.2) is 48.0 Å². The Hall–Kier alpha value is -2.73. The molecule has 1 aliphatic heterocycles. The Morgan fingerprint density at radius 2 is 2.00 bits per heavy atom. The van der Waals surface area contributed by atoms with Crippen molar-refractivity contribution >= 4 is 23.1 Å². The van der Waals surface area contributed by atoms with Gasteiger partial charge in [0.15, 0.2) is 0 Å². The largest absolute Gasteiger partial charge is 0.357 e. The fourth-order valence-corrected chi connectivity index (χ4v) is 4.02. The van der Waals surface area contributed by atoms with Crippen LogP contribution in [0.2, 0.25) is 0 Å². The summed E-state index contributed by atoms with van der Waals surface area (Å²) in [6.07, 6.45) is 4.31. The molecule has 5 nitrogen and oxygen atoms in total. The molecule has 1 N–H and O–H groups in total. The van der Waals surface area contributed by atoms with E-state index in [1.165, 1.54) is 29.7 Å². The van der Waals surface area contributed by atoms with Gasteiger partial charge >= 0.3 is 0 Å². The summed E-state index contributed by atoms with van der Waals surface area (Å²) in [7, 11) is 0. The molecule has 27 heavy (non-hydrogen) atoms. The van der Waals surface area contributed by atoms with Gasteiger partial charge in [-0.2, -0.15) is 0 Å². The maximum Gasteiger partial charge on any atom is 0.271 e. The number of amides is 1.